The quantitative estimate of drug-likeness (QED) is 0.359. The van der Waals surface area contributed by atoms with Crippen molar-refractivity contribution in [2.24, 2.45) is 7.05 Å². The van der Waals surface area contributed by atoms with E-state index in [0.29, 0.717) is 5.56 Å². The Bertz CT molecular complexity index is 1630. The molecular weight excluding hydrogens is 476 g/mol. The molecule has 1 aliphatic heterocycles. The largest absolute Gasteiger partial charge is 0.354 e. The van der Waals surface area contributed by atoms with Crippen molar-refractivity contribution in [3.05, 3.63) is 78.0 Å². The number of fused-ring (bicyclic) bond motifs is 1. The van der Waals surface area contributed by atoms with E-state index >= 15 is 0 Å². The highest BCUT2D eigenvalue weighted by Gasteiger charge is 2.20. The van der Waals surface area contributed by atoms with Crippen LogP contribution in [0.5, 0.6) is 0 Å². The summed E-state index contributed by atoms with van der Waals surface area (Å²) < 4.78 is 3.54. The molecule has 10 heteroatoms. The number of nitriles is 1. The van der Waals surface area contributed by atoms with E-state index in [0.717, 1.165) is 83.5 Å². The van der Waals surface area contributed by atoms with E-state index in [1.807, 2.05) is 51.7 Å². The maximum atomic E-state index is 9.69. The van der Waals surface area contributed by atoms with Gasteiger partial charge in [-0.1, -0.05) is 0 Å². The fourth-order valence-corrected chi connectivity index (χ4v) is 5.09. The number of anilines is 1. The van der Waals surface area contributed by atoms with Crippen molar-refractivity contribution in [3.63, 3.8) is 0 Å². The predicted molar refractivity (Wildman–Crippen MR) is 144 cm³/mol. The van der Waals surface area contributed by atoms with Crippen LogP contribution in [0.3, 0.4) is 0 Å². The molecule has 38 heavy (non-hydrogen) atoms. The van der Waals surface area contributed by atoms with Crippen molar-refractivity contribution in [1.29, 1.82) is 5.26 Å². The zero-order valence-electron chi connectivity index (χ0n) is 21.7. The minimum Gasteiger partial charge on any atom is -0.354 e. The summed E-state index contributed by atoms with van der Waals surface area (Å²) in [6, 6.07) is 10.5. The van der Waals surface area contributed by atoms with Gasteiger partial charge in [0.25, 0.3) is 0 Å². The Labute approximate surface area is 220 Å². The van der Waals surface area contributed by atoms with Gasteiger partial charge in [-0.05, 0) is 38.1 Å². The highest BCUT2D eigenvalue weighted by atomic mass is 15.3. The zero-order valence-corrected chi connectivity index (χ0v) is 21.7. The van der Waals surface area contributed by atoms with Crippen LogP contribution < -0.4 is 4.90 Å². The lowest BCUT2D eigenvalue weighted by atomic mass is 10.0. The van der Waals surface area contributed by atoms with E-state index in [4.69, 9.17) is 4.98 Å². The molecule has 10 nitrogen and oxygen atoms in total. The molecule has 1 aliphatic rings. The van der Waals surface area contributed by atoms with Crippen LogP contribution >= 0.6 is 0 Å². The lowest BCUT2D eigenvalue weighted by Crippen LogP contribution is -2.46. The molecule has 6 rings (SSSR count). The molecule has 0 radical (unpaired) electrons. The monoisotopic (exact) mass is 504 g/mol. The highest BCUT2D eigenvalue weighted by molar-refractivity contribution is 5.87. The molecule has 0 aliphatic carbocycles. The van der Waals surface area contributed by atoms with Crippen molar-refractivity contribution in [1.82, 2.24) is 39.2 Å². The highest BCUT2D eigenvalue weighted by Crippen LogP contribution is 2.32. The molecule has 0 saturated carbocycles. The summed E-state index contributed by atoms with van der Waals surface area (Å²) in [6.45, 7) is 8.42. The number of hydrogen-bond donors (Lipinski definition) is 0. The van der Waals surface area contributed by atoms with Gasteiger partial charge in [0.2, 0.25) is 0 Å². The molecular formula is C28H28N10. The summed E-state index contributed by atoms with van der Waals surface area (Å²) in [5.74, 6) is 1.83. The normalized spacial score (nSPS) is 14.2. The van der Waals surface area contributed by atoms with Crippen molar-refractivity contribution < 1.29 is 0 Å². The topological polar surface area (TPSA) is 104 Å². The van der Waals surface area contributed by atoms with Gasteiger partial charge in [-0.15, -0.1) is 0 Å². The molecule has 1 fully saturated rings. The molecule has 0 bridgehead atoms. The maximum absolute atomic E-state index is 9.69. The summed E-state index contributed by atoms with van der Waals surface area (Å²) in [5.41, 5.74) is 7.14. The van der Waals surface area contributed by atoms with E-state index in [9.17, 15) is 5.26 Å². The first-order chi connectivity index (χ1) is 18.5. The van der Waals surface area contributed by atoms with Gasteiger partial charge in [0.05, 0.1) is 30.0 Å². The average Bonchev–Trinajstić information content (AvgIpc) is 3.54. The van der Waals surface area contributed by atoms with E-state index in [2.05, 4.69) is 54.2 Å². The van der Waals surface area contributed by atoms with Gasteiger partial charge in [0.1, 0.15) is 17.7 Å². The standard InChI is InChI=1S/C28H28N10/c1-19-10-20(2)34-26(33-19)18-36-6-8-37(9-7-36)27-5-4-21(13-30-27)25-11-22(24-15-31-35(3)16-24)17-38-28(25)23(12-29)14-32-38/h4-5,10-11,13-17H,6-9,18H2,1-3H3. The van der Waals surface area contributed by atoms with E-state index in [1.54, 1.807) is 15.4 Å². The second-order valence-electron chi connectivity index (χ2n) is 9.74. The minimum atomic E-state index is 0.533. The number of pyridine rings is 2. The number of aryl methyl sites for hydroxylation is 3. The Kier molecular flexibility index (Phi) is 6.05. The second-order valence-corrected chi connectivity index (χ2v) is 9.74. The molecule has 6 heterocycles. The number of hydrogen-bond acceptors (Lipinski definition) is 8. The fourth-order valence-electron chi connectivity index (χ4n) is 5.09. The number of nitrogens with zero attached hydrogens (tertiary/aromatic N) is 10. The van der Waals surface area contributed by atoms with Crippen LogP contribution in [0.4, 0.5) is 5.82 Å². The van der Waals surface area contributed by atoms with Crippen LogP contribution in [0, 0.1) is 25.2 Å². The first-order valence-electron chi connectivity index (χ1n) is 12.6. The van der Waals surface area contributed by atoms with Gasteiger partial charge in [0.15, 0.2) is 0 Å². The summed E-state index contributed by atoms with van der Waals surface area (Å²) >= 11 is 0. The van der Waals surface area contributed by atoms with Crippen molar-refractivity contribution in [2.75, 3.05) is 31.1 Å². The summed E-state index contributed by atoms with van der Waals surface area (Å²) in [5, 5.41) is 18.4. The molecule has 190 valence electrons. The molecule has 0 spiro atoms. The average molecular weight is 505 g/mol. The molecule has 1 saturated heterocycles. The van der Waals surface area contributed by atoms with Crippen LogP contribution in [-0.4, -0.2) is 65.4 Å². The van der Waals surface area contributed by atoms with Gasteiger partial charge in [-0.25, -0.2) is 19.5 Å². The first kappa shape index (κ1) is 23.8. The number of aromatic nitrogens is 7. The first-order valence-corrected chi connectivity index (χ1v) is 12.6. The van der Waals surface area contributed by atoms with Crippen LogP contribution in [-0.2, 0) is 13.6 Å². The summed E-state index contributed by atoms with van der Waals surface area (Å²) in [4.78, 5) is 18.7. The minimum absolute atomic E-state index is 0.533. The summed E-state index contributed by atoms with van der Waals surface area (Å²) in [7, 11) is 1.89. The van der Waals surface area contributed by atoms with E-state index in [1.165, 1.54) is 0 Å². The third kappa shape index (κ3) is 4.60. The SMILES string of the molecule is Cc1cc(C)nc(CN2CCN(c3ccc(-c4cc(-c5cnn(C)c5)cn5ncc(C#N)c45)cn3)CC2)n1. The predicted octanol–water partition coefficient (Wildman–Crippen LogP) is 3.40. The van der Waals surface area contributed by atoms with E-state index < -0.39 is 0 Å². The number of rotatable bonds is 5. The van der Waals surface area contributed by atoms with Crippen molar-refractivity contribution in [2.45, 2.75) is 20.4 Å². The smallest absolute Gasteiger partial charge is 0.142 e. The second kappa shape index (κ2) is 9.68. The van der Waals surface area contributed by atoms with Crippen molar-refractivity contribution >= 4 is 11.3 Å². The Morgan fingerprint density at radius 2 is 1.66 bits per heavy atom. The maximum Gasteiger partial charge on any atom is 0.142 e. The molecule has 0 amide bonds. The number of piperazine rings is 1. The molecule has 0 atom stereocenters. The van der Waals surface area contributed by atoms with E-state index in [-0.39, 0.29) is 0 Å². The molecule has 5 aromatic heterocycles. The van der Waals surface area contributed by atoms with Crippen LogP contribution in [0.25, 0.3) is 27.8 Å². The zero-order chi connectivity index (χ0) is 26.2. The lowest BCUT2D eigenvalue weighted by Gasteiger charge is -2.35. The molecule has 0 N–H and O–H groups in total. The Hall–Kier alpha value is -4.62. The third-order valence-electron chi connectivity index (χ3n) is 6.92. The Balaban J connectivity index is 1.22. The van der Waals surface area contributed by atoms with Gasteiger partial charge in [-0.2, -0.15) is 15.5 Å². The van der Waals surface area contributed by atoms with Crippen molar-refractivity contribution in [3.8, 4) is 28.3 Å². The Morgan fingerprint density at radius 3 is 2.32 bits per heavy atom. The van der Waals surface area contributed by atoms with Gasteiger partial charge >= 0.3 is 0 Å². The third-order valence-corrected chi connectivity index (χ3v) is 6.92. The van der Waals surface area contributed by atoms with Crippen LogP contribution in [0.1, 0.15) is 22.8 Å². The molecule has 0 unspecified atom stereocenters. The molecule has 5 aromatic rings. The fraction of sp³-hybridized carbons (Fsp3) is 0.286. The van der Waals surface area contributed by atoms with Gasteiger partial charge in [-0.3, -0.25) is 9.58 Å². The van der Waals surface area contributed by atoms with Crippen LogP contribution in [0.15, 0.2) is 55.2 Å². The van der Waals surface area contributed by atoms with Crippen LogP contribution in [0.2, 0.25) is 0 Å². The summed E-state index contributed by atoms with van der Waals surface area (Å²) in [6.07, 6.45) is 9.22. The van der Waals surface area contributed by atoms with Gasteiger partial charge in [0, 0.05) is 85.5 Å². The lowest BCUT2D eigenvalue weighted by molar-refractivity contribution is 0.243. The Morgan fingerprint density at radius 1 is 0.868 bits per heavy atom. The molecule has 0 aromatic carbocycles. The van der Waals surface area contributed by atoms with Gasteiger partial charge < -0.3 is 4.90 Å².